The molecule has 8 heteroatoms. The molecule has 3 rings (SSSR count). The van der Waals surface area contributed by atoms with Gasteiger partial charge in [-0.05, 0) is 37.1 Å². The van der Waals surface area contributed by atoms with Gasteiger partial charge < -0.3 is 19.8 Å². The second-order valence-corrected chi connectivity index (χ2v) is 6.59. The fourth-order valence-corrected chi connectivity index (χ4v) is 3.36. The highest BCUT2D eigenvalue weighted by molar-refractivity contribution is 5.46. The largest absolute Gasteiger partial charge is 0.497 e. The summed E-state index contributed by atoms with van der Waals surface area (Å²) in [5, 5.41) is 11.3. The van der Waals surface area contributed by atoms with Crippen molar-refractivity contribution >= 4 is 11.6 Å². The first-order chi connectivity index (χ1) is 14.0. The standard InChI is InChI=1S/C21H24N4O4/c1-4-24-13-19(23-21(24)22)18(14-5-8-17(28-2)9-6-14)12-15-11-16(25(26)27)7-10-20(15)29-3/h5-11,13,18H,4,12H2,1-3H3,(H2,22,23). The summed E-state index contributed by atoms with van der Waals surface area (Å²) in [4.78, 5) is 15.4. The number of aryl methyl sites for hydroxylation is 1. The van der Waals surface area contributed by atoms with Crippen LogP contribution in [0.1, 0.15) is 29.7 Å². The molecular formula is C21H24N4O4. The van der Waals surface area contributed by atoms with Gasteiger partial charge in [-0.3, -0.25) is 10.1 Å². The predicted molar refractivity (Wildman–Crippen MR) is 111 cm³/mol. The van der Waals surface area contributed by atoms with Crippen LogP contribution in [0.3, 0.4) is 0 Å². The third-order valence-electron chi connectivity index (χ3n) is 4.94. The van der Waals surface area contributed by atoms with Gasteiger partial charge in [-0.2, -0.15) is 0 Å². The van der Waals surface area contributed by atoms with Gasteiger partial charge in [0.1, 0.15) is 11.5 Å². The minimum atomic E-state index is -0.408. The molecule has 2 N–H and O–H groups in total. The number of hydrogen-bond donors (Lipinski definition) is 1. The van der Waals surface area contributed by atoms with Crippen molar-refractivity contribution < 1.29 is 14.4 Å². The van der Waals surface area contributed by atoms with E-state index in [-0.39, 0.29) is 11.6 Å². The fourth-order valence-electron chi connectivity index (χ4n) is 3.36. The molecule has 8 nitrogen and oxygen atoms in total. The van der Waals surface area contributed by atoms with E-state index in [0.29, 0.717) is 24.7 Å². The zero-order valence-electron chi connectivity index (χ0n) is 16.7. The Morgan fingerprint density at radius 1 is 1.17 bits per heavy atom. The van der Waals surface area contributed by atoms with Gasteiger partial charge >= 0.3 is 0 Å². The van der Waals surface area contributed by atoms with Crippen LogP contribution in [0.5, 0.6) is 11.5 Å². The Morgan fingerprint density at radius 3 is 2.45 bits per heavy atom. The second kappa shape index (κ2) is 8.64. The highest BCUT2D eigenvalue weighted by Crippen LogP contribution is 2.34. The number of non-ortho nitro benzene ring substituents is 1. The van der Waals surface area contributed by atoms with Crippen LogP contribution >= 0.6 is 0 Å². The molecule has 0 radical (unpaired) electrons. The number of aromatic nitrogens is 2. The van der Waals surface area contributed by atoms with Crippen LogP contribution < -0.4 is 15.2 Å². The van der Waals surface area contributed by atoms with Gasteiger partial charge in [-0.15, -0.1) is 0 Å². The molecule has 0 fully saturated rings. The van der Waals surface area contributed by atoms with Crippen LogP contribution in [-0.4, -0.2) is 28.7 Å². The molecule has 0 spiro atoms. The number of imidazole rings is 1. The van der Waals surface area contributed by atoms with E-state index in [1.807, 2.05) is 42.0 Å². The number of nitro groups is 1. The molecule has 0 aliphatic rings. The maximum atomic E-state index is 11.3. The summed E-state index contributed by atoms with van der Waals surface area (Å²) in [6.07, 6.45) is 2.39. The molecule has 0 aliphatic carbocycles. The van der Waals surface area contributed by atoms with Gasteiger partial charge in [0.15, 0.2) is 5.95 Å². The van der Waals surface area contributed by atoms with Crippen molar-refractivity contribution in [3.8, 4) is 11.5 Å². The predicted octanol–water partition coefficient (Wildman–Crippen LogP) is 3.79. The zero-order valence-corrected chi connectivity index (χ0v) is 16.7. The first-order valence-electron chi connectivity index (χ1n) is 9.24. The summed E-state index contributed by atoms with van der Waals surface area (Å²) in [6, 6.07) is 12.3. The maximum absolute atomic E-state index is 11.3. The monoisotopic (exact) mass is 396 g/mol. The Bertz CT molecular complexity index is 998. The molecular weight excluding hydrogens is 372 g/mol. The van der Waals surface area contributed by atoms with E-state index in [4.69, 9.17) is 15.2 Å². The van der Waals surface area contributed by atoms with E-state index < -0.39 is 4.92 Å². The van der Waals surface area contributed by atoms with E-state index >= 15 is 0 Å². The van der Waals surface area contributed by atoms with Gasteiger partial charge in [0.2, 0.25) is 0 Å². The van der Waals surface area contributed by atoms with Crippen molar-refractivity contribution in [1.29, 1.82) is 0 Å². The average molecular weight is 396 g/mol. The van der Waals surface area contributed by atoms with Gasteiger partial charge in [-0.25, -0.2) is 4.98 Å². The van der Waals surface area contributed by atoms with Crippen LogP contribution in [0.25, 0.3) is 0 Å². The summed E-state index contributed by atoms with van der Waals surface area (Å²) in [5.74, 6) is 1.62. The second-order valence-electron chi connectivity index (χ2n) is 6.59. The van der Waals surface area contributed by atoms with Crippen molar-refractivity contribution in [3.05, 3.63) is 75.6 Å². The van der Waals surface area contributed by atoms with Crippen LogP contribution in [0.2, 0.25) is 0 Å². The molecule has 0 amide bonds. The molecule has 29 heavy (non-hydrogen) atoms. The lowest BCUT2D eigenvalue weighted by atomic mass is 9.89. The van der Waals surface area contributed by atoms with Crippen LogP contribution in [0.4, 0.5) is 11.6 Å². The van der Waals surface area contributed by atoms with E-state index in [9.17, 15) is 10.1 Å². The fraction of sp³-hybridized carbons (Fsp3) is 0.286. The van der Waals surface area contributed by atoms with E-state index in [1.165, 1.54) is 6.07 Å². The number of nitrogens with two attached hydrogens (primary N) is 1. The molecule has 1 aromatic heterocycles. The van der Waals surface area contributed by atoms with Crippen LogP contribution in [0.15, 0.2) is 48.7 Å². The van der Waals surface area contributed by atoms with Gasteiger partial charge in [0.25, 0.3) is 5.69 Å². The third-order valence-corrected chi connectivity index (χ3v) is 4.94. The summed E-state index contributed by atoms with van der Waals surface area (Å²) >= 11 is 0. The Labute approximate surface area is 169 Å². The summed E-state index contributed by atoms with van der Waals surface area (Å²) in [5.41, 5.74) is 8.59. The Balaban J connectivity index is 2.07. The number of anilines is 1. The third kappa shape index (κ3) is 4.31. The molecule has 0 saturated heterocycles. The van der Waals surface area contributed by atoms with Gasteiger partial charge in [0, 0.05) is 36.4 Å². The van der Waals surface area contributed by atoms with E-state index in [0.717, 1.165) is 22.6 Å². The van der Waals surface area contributed by atoms with Crippen molar-refractivity contribution in [3.63, 3.8) is 0 Å². The summed E-state index contributed by atoms with van der Waals surface area (Å²) in [6.45, 7) is 2.70. The lowest BCUT2D eigenvalue weighted by Crippen LogP contribution is -2.08. The Morgan fingerprint density at radius 2 is 1.90 bits per heavy atom. The number of methoxy groups -OCH3 is 2. The summed E-state index contributed by atoms with van der Waals surface area (Å²) < 4.78 is 12.6. The van der Waals surface area contributed by atoms with Crippen molar-refractivity contribution in [2.75, 3.05) is 20.0 Å². The summed E-state index contributed by atoms with van der Waals surface area (Å²) in [7, 11) is 3.17. The average Bonchev–Trinajstić information content (AvgIpc) is 3.12. The SMILES string of the molecule is CCn1cc(C(Cc2cc([N+](=O)[O-])ccc2OC)c2ccc(OC)cc2)nc1N. The lowest BCUT2D eigenvalue weighted by Gasteiger charge is -2.18. The number of ether oxygens (including phenoxy) is 2. The first-order valence-corrected chi connectivity index (χ1v) is 9.24. The number of hydrogen-bond acceptors (Lipinski definition) is 6. The molecule has 1 unspecified atom stereocenters. The highest BCUT2D eigenvalue weighted by atomic mass is 16.6. The number of nitrogens with zero attached hydrogens (tertiary/aromatic N) is 3. The number of rotatable bonds is 8. The number of nitro benzene ring substituents is 1. The quantitative estimate of drug-likeness (QED) is 0.459. The smallest absolute Gasteiger partial charge is 0.269 e. The van der Waals surface area contributed by atoms with Gasteiger partial charge in [-0.1, -0.05) is 12.1 Å². The first kappa shape index (κ1) is 20.2. The van der Waals surface area contributed by atoms with Crippen LogP contribution in [0, 0.1) is 10.1 Å². The minimum absolute atomic E-state index is 0.0212. The highest BCUT2D eigenvalue weighted by Gasteiger charge is 2.22. The normalized spacial score (nSPS) is 11.8. The molecule has 0 aliphatic heterocycles. The molecule has 0 saturated carbocycles. The molecule has 152 valence electrons. The zero-order chi connectivity index (χ0) is 21.0. The molecule has 2 aromatic carbocycles. The minimum Gasteiger partial charge on any atom is -0.497 e. The maximum Gasteiger partial charge on any atom is 0.269 e. The molecule has 3 aromatic rings. The van der Waals surface area contributed by atoms with Crippen molar-refractivity contribution in [2.45, 2.75) is 25.8 Å². The molecule has 1 atom stereocenters. The Kier molecular flexibility index (Phi) is 6.01. The van der Waals surface area contributed by atoms with E-state index in [1.54, 1.807) is 26.4 Å². The van der Waals surface area contributed by atoms with Crippen molar-refractivity contribution in [2.24, 2.45) is 0 Å². The Hall–Kier alpha value is -3.55. The number of benzene rings is 2. The number of nitrogen functional groups attached to an aromatic ring is 1. The van der Waals surface area contributed by atoms with Gasteiger partial charge in [0.05, 0.1) is 24.8 Å². The van der Waals surface area contributed by atoms with Crippen molar-refractivity contribution in [1.82, 2.24) is 9.55 Å². The van der Waals surface area contributed by atoms with E-state index in [2.05, 4.69) is 4.98 Å². The topological polar surface area (TPSA) is 105 Å². The molecule has 0 bridgehead atoms. The van der Waals surface area contributed by atoms with Crippen LogP contribution in [-0.2, 0) is 13.0 Å². The molecule has 1 heterocycles. The lowest BCUT2D eigenvalue weighted by molar-refractivity contribution is -0.384.